The summed E-state index contributed by atoms with van der Waals surface area (Å²) in [6.45, 7) is 4.36. The van der Waals surface area contributed by atoms with Gasteiger partial charge in [0, 0.05) is 7.05 Å². The number of anilines is 1. The van der Waals surface area contributed by atoms with Crippen LogP contribution in [0.4, 0.5) is 5.82 Å². The number of hydrogen-bond donors (Lipinski definition) is 1. The first-order valence-electron chi connectivity index (χ1n) is 5.87. The molecule has 0 radical (unpaired) electrons. The summed E-state index contributed by atoms with van der Waals surface area (Å²) in [5.41, 5.74) is 1.05. The Morgan fingerprint density at radius 2 is 2.16 bits per heavy atom. The molecule has 0 aliphatic rings. The van der Waals surface area contributed by atoms with Crippen LogP contribution >= 0.6 is 45.5 Å². The molecular formula is C12H14ClIN4S. The molecule has 0 atom stereocenters. The van der Waals surface area contributed by atoms with E-state index in [0.717, 1.165) is 26.5 Å². The van der Waals surface area contributed by atoms with E-state index >= 15 is 0 Å². The van der Waals surface area contributed by atoms with Crippen LogP contribution in [0, 0.1) is 9.49 Å². The van der Waals surface area contributed by atoms with E-state index in [0.29, 0.717) is 16.1 Å². The third-order valence-electron chi connectivity index (χ3n) is 2.43. The lowest BCUT2D eigenvalue weighted by molar-refractivity contribution is 0.632. The zero-order valence-electron chi connectivity index (χ0n) is 10.9. The summed E-state index contributed by atoms with van der Waals surface area (Å²) in [6, 6.07) is 0. The fraction of sp³-hybridized carbons (Fsp3) is 0.417. The molecule has 0 amide bonds. The highest BCUT2D eigenvalue weighted by atomic mass is 127. The molecule has 1 N–H and O–H groups in total. The zero-order valence-corrected chi connectivity index (χ0v) is 14.6. The van der Waals surface area contributed by atoms with Crippen molar-refractivity contribution in [2.24, 2.45) is 5.92 Å². The van der Waals surface area contributed by atoms with E-state index in [1.54, 1.807) is 6.20 Å². The van der Waals surface area contributed by atoms with Gasteiger partial charge in [-0.15, -0.1) is 0 Å². The van der Waals surface area contributed by atoms with E-state index in [4.69, 9.17) is 11.6 Å². The predicted octanol–water partition coefficient (Wildman–Crippen LogP) is 4.10. The first kappa shape index (κ1) is 14.9. The molecule has 0 fully saturated rings. The molecular weight excluding hydrogens is 395 g/mol. The quantitative estimate of drug-likeness (QED) is 0.774. The molecule has 0 aliphatic heterocycles. The molecule has 0 aliphatic carbocycles. The maximum atomic E-state index is 5.92. The number of thiazole rings is 1. The van der Waals surface area contributed by atoms with Gasteiger partial charge in [0.2, 0.25) is 0 Å². The Balaban J connectivity index is 2.50. The molecule has 0 spiro atoms. The molecule has 2 aromatic rings. The third-order valence-corrected chi connectivity index (χ3v) is 4.67. The van der Waals surface area contributed by atoms with Crippen molar-refractivity contribution in [1.29, 1.82) is 0 Å². The SMILES string of the molecule is CNc1nc(-c2ncc(Cl)s2)nc(CC(C)C)c1I. The minimum Gasteiger partial charge on any atom is -0.372 e. The van der Waals surface area contributed by atoms with Gasteiger partial charge < -0.3 is 5.32 Å². The minimum absolute atomic E-state index is 0.542. The summed E-state index contributed by atoms with van der Waals surface area (Å²) in [7, 11) is 1.86. The van der Waals surface area contributed by atoms with Gasteiger partial charge in [-0.1, -0.05) is 36.8 Å². The monoisotopic (exact) mass is 408 g/mol. The molecule has 2 heterocycles. The van der Waals surface area contributed by atoms with Crippen LogP contribution in [-0.2, 0) is 6.42 Å². The number of halogens is 2. The van der Waals surface area contributed by atoms with Crippen molar-refractivity contribution in [2.45, 2.75) is 20.3 Å². The van der Waals surface area contributed by atoms with Crippen molar-refractivity contribution < 1.29 is 0 Å². The Bertz CT molecular complexity index is 585. The predicted molar refractivity (Wildman–Crippen MR) is 89.0 cm³/mol. The average Bonchev–Trinajstić information content (AvgIpc) is 2.78. The van der Waals surface area contributed by atoms with E-state index in [1.807, 2.05) is 7.05 Å². The molecule has 0 aromatic carbocycles. The second-order valence-corrected chi connectivity index (χ2v) is 7.21. The number of rotatable bonds is 4. The van der Waals surface area contributed by atoms with Crippen molar-refractivity contribution in [3.8, 4) is 10.8 Å². The van der Waals surface area contributed by atoms with Crippen molar-refractivity contribution in [1.82, 2.24) is 15.0 Å². The normalized spacial score (nSPS) is 11.1. The second kappa shape index (κ2) is 6.32. The fourth-order valence-electron chi connectivity index (χ4n) is 1.63. The molecule has 0 saturated carbocycles. The number of aromatic nitrogens is 3. The first-order valence-corrected chi connectivity index (χ1v) is 8.14. The van der Waals surface area contributed by atoms with Crippen molar-refractivity contribution in [2.75, 3.05) is 12.4 Å². The van der Waals surface area contributed by atoms with E-state index in [2.05, 4.69) is 56.7 Å². The van der Waals surface area contributed by atoms with Crippen LogP contribution in [0.25, 0.3) is 10.8 Å². The van der Waals surface area contributed by atoms with Crippen molar-refractivity contribution in [3.05, 3.63) is 19.8 Å². The summed E-state index contributed by atoms with van der Waals surface area (Å²) >= 11 is 9.60. The molecule has 0 unspecified atom stereocenters. The summed E-state index contributed by atoms with van der Waals surface area (Å²) in [5.74, 6) is 2.02. The Labute approximate surface area is 135 Å². The van der Waals surface area contributed by atoms with Crippen LogP contribution in [0.3, 0.4) is 0 Å². The molecule has 0 bridgehead atoms. The standard InChI is InChI=1S/C12H14ClIN4S/c1-6(2)4-7-9(14)10(15-3)18-11(17-7)12-16-5-8(13)19-12/h5-6H,4H2,1-3H3,(H,15,17,18). The lowest BCUT2D eigenvalue weighted by Crippen LogP contribution is -2.07. The summed E-state index contributed by atoms with van der Waals surface area (Å²) < 4.78 is 1.72. The molecule has 19 heavy (non-hydrogen) atoms. The number of nitrogens with one attached hydrogen (secondary N) is 1. The van der Waals surface area contributed by atoms with Gasteiger partial charge >= 0.3 is 0 Å². The Morgan fingerprint density at radius 1 is 1.42 bits per heavy atom. The van der Waals surface area contributed by atoms with E-state index < -0.39 is 0 Å². The molecule has 2 aromatic heterocycles. The van der Waals surface area contributed by atoms with Crippen LogP contribution < -0.4 is 5.32 Å². The van der Waals surface area contributed by atoms with Gasteiger partial charge in [-0.3, -0.25) is 0 Å². The summed E-state index contributed by atoms with van der Waals surface area (Å²) in [4.78, 5) is 13.4. The highest BCUT2D eigenvalue weighted by Crippen LogP contribution is 2.29. The van der Waals surface area contributed by atoms with Crippen molar-refractivity contribution >= 4 is 51.3 Å². The zero-order chi connectivity index (χ0) is 14.0. The molecule has 0 saturated heterocycles. The van der Waals surface area contributed by atoms with Gasteiger partial charge in [-0.2, -0.15) is 0 Å². The molecule has 2 rings (SSSR count). The summed E-state index contributed by atoms with van der Waals surface area (Å²) in [6.07, 6.45) is 2.55. The van der Waals surface area contributed by atoms with Gasteiger partial charge in [0.25, 0.3) is 0 Å². The topological polar surface area (TPSA) is 50.7 Å². The average molecular weight is 409 g/mol. The molecule has 4 nitrogen and oxygen atoms in total. The van der Waals surface area contributed by atoms with Crippen LogP contribution in [-0.4, -0.2) is 22.0 Å². The second-order valence-electron chi connectivity index (χ2n) is 4.47. The maximum absolute atomic E-state index is 5.92. The third kappa shape index (κ3) is 3.55. The fourth-order valence-corrected chi connectivity index (χ4v) is 3.21. The lowest BCUT2D eigenvalue weighted by atomic mass is 10.1. The minimum atomic E-state index is 0.542. The number of hydrogen-bond acceptors (Lipinski definition) is 5. The number of nitrogens with zero attached hydrogens (tertiary/aromatic N) is 3. The smallest absolute Gasteiger partial charge is 0.191 e. The van der Waals surface area contributed by atoms with Crippen LogP contribution in [0.5, 0.6) is 0 Å². The van der Waals surface area contributed by atoms with E-state index in [-0.39, 0.29) is 0 Å². The van der Waals surface area contributed by atoms with E-state index in [1.165, 1.54) is 11.3 Å². The maximum Gasteiger partial charge on any atom is 0.191 e. The van der Waals surface area contributed by atoms with Crippen LogP contribution in [0.15, 0.2) is 6.20 Å². The van der Waals surface area contributed by atoms with Crippen LogP contribution in [0.2, 0.25) is 4.34 Å². The lowest BCUT2D eigenvalue weighted by Gasteiger charge is -2.11. The van der Waals surface area contributed by atoms with Crippen LogP contribution in [0.1, 0.15) is 19.5 Å². The first-order chi connectivity index (χ1) is 9.01. The van der Waals surface area contributed by atoms with Gasteiger partial charge in [0.1, 0.15) is 10.2 Å². The van der Waals surface area contributed by atoms with Gasteiger partial charge in [0.15, 0.2) is 10.8 Å². The Kier molecular flexibility index (Phi) is 4.97. The van der Waals surface area contributed by atoms with Gasteiger partial charge in [0.05, 0.1) is 15.5 Å². The van der Waals surface area contributed by atoms with Gasteiger partial charge in [-0.25, -0.2) is 15.0 Å². The highest BCUT2D eigenvalue weighted by Gasteiger charge is 2.15. The molecule has 7 heteroatoms. The largest absolute Gasteiger partial charge is 0.372 e. The highest BCUT2D eigenvalue weighted by molar-refractivity contribution is 14.1. The van der Waals surface area contributed by atoms with E-state index in [9.17, 15) is 0 Å². The summed E-state index contributed by atoms with van der Waals surface area (Å²) in [5, 5.41) is 3.86. The Morgan fingerprint density at radius 3 is 2.68 bits per heavy atom. The molecule has 102 valence electrons. The Hall–Kier alpha value is -0.470. The van der Waals surface area contributed by atoms with Crippen molar-refractivity contribution in [3.63, 3.8) is 0 Å². The van der Waals surface area contributed by atoms with Gasteiger partial charge in [-0.05, 0) is 34.9 Å².